The van der Waals surface area contributed by atoms with Crippen molar-refractivity contribution < 1.29 is 4.42 Å². The lowest BCUT2D eigenvalue weighted by Gasteiger charge is -2.40. The summed E-state index contributed by atoms with van der Waals surface area (Å²) in [6.07, 6.45) is 6.03. The van der Waals surface area contributed by atoms with Crippen LogP contribution in [-0.2, 0) is 0 Å². The van der Waals surface area contributed by atoms with E-state index in [9.17, 15) is 0 Å². The zero-order valence-corrected chi connectivity index (χ0v) is 9.57. The second-order valence-electron chi connectivity index (χ2n) is 4.88. The largest absolute Gasteiger partial charge is 0.472 e. The number of hydrogen-bond donors (Lipinski definition) is 1. The smallest absolute Gasteiger partial charge is 0.0951 e. The van der Waals surface area contributed by atoms with Crippen LogP contribution in [0.15, 0.2) is 23.0 Å². The maximum Gasteiger partial charge on any atom is 0.0951 e. The van der Waals surface area contributed by atoms with Gasteiger partial charge in [0.1, 0.15) is 0 Å². The van der Waals surface area contributed by atoms with Crippen molar-refractivity contribution in [3.05, 3.63) is 24.2 Å². The second-order valence-corrected chi connectivity index (χ2v) is 4.88. The van der Waals surface area contributed by atoms with Crippen LogP contribution in [0.3, 0.4) is 0 Å². The van der Waals surface area contributed by atoms with Crippen LogP contribution in [0.4, 0.5) is 0 Å². The number of nitrogens with two attached hydrogens (primary N) is 1. The van der Waals surface area contributed by atoms with E-state index >= 15 is 0 Å². The van der Waals surface area contributed by atoms with E-state index in [0.29, 0.717) is 0 Å². The Labute approximate surface area is 91.2 Å². The highest BCUT2D eigenvalue weighted by atomic mass is 16.3. The van der Waals surface area contributed by atoms with Crippen LogP contribution in [0.1, 0.15) is 38.3 Å². The van der Waals surface area contributed by atoms with Crippen LogP contribution in [-0.4, -0.2) is 23.5 Å². The maximum atomic E-state index is 6.30. The highest BCUT2D eigenvalue weighted by Gasteiger charge is 2.35. The summed E-state index contributed by atoms with van der Waals surface area (Å²) in [5, 5.41) is 0. The summed E-state index contributed by atoms with van der Waals surface area (Å²) in [4.78, 5) is 2.48. The highest BCUT2D eigenvalue weighted by Crippen LogP contribution is 2.31. The first-order valence-corrected chi connectivity index (χ1v) is 5.65. The Morgan fingerprint density at radius 1 is 1.40 bits per heavy atom. The molecule has 0 aromatic carbocycles. The summed E-state index contributed by atoms with van der Waals surface area (Å²) in [5.41, 5.74) is 7.40. The van der Waals surface area contributed by atoms with Crippen molar-refractivity contribution in [3.63, 3.8) is 0 Å². The third-order valence-corrected chi connectivity index (χ3v) is 3.58. The molecule has 84 valence electrons. The average Bonchev–Trinajstić information content (AvgIpc) is 2.89. The average molecular weight is 208 g/mol. The van der Waals surface area contributed by atoms with Gasteiger partial charge in [-0.2, -0.15) is 0 Å². The van der Waals surface area contributed by atoms with Crippen LogP contribution >= 0.6 is 0 Å². The van der Waals surface area contributed by atoms with Crippen molar-refractivity contribution in [1.29, 1.82) is 0 Å². The molecule has 1 aliphatic heterocycles. The highest BCUT2D eigenvalue weighted by molar-refractivity contribution is 5.16. The number of rotatable bonds is 3. The van der Waals surface area contributed by atoms with Gasteiger partial charge in [0.05, 0.1) is 18.6 Å². The molecule has 15 heavy (non-hydrogen) atoms. The van der Waals surface area contributed by atoms with Crippen molar-refractivity contribution in [1.82, 2.24) is 4.90 Å². The lowest BCUT2D eigenvalue weighted by molar-refractivity contribution is 0.124. The molecule has 1 atom stereocenters. The van der Waals surface area contributed by atoms with Crippen LogP contribution in [0.25, 0.3) is 0 Å². The SMILES string of the molecule is CC(C)(C(N)c1ccoc1)N1CCCC1. The van der Waals surface area contributed by atoms with Crippen LogP contribution in [0, 0.1) is 0 Å². The molecule has 1 aliphatic rings. The first-order chi connectivity index (χ1) is 7.12. The Hall–Kier alpha value is -0.800. The summed E-state index contributed by atoms with van der Waals surface area (Å²) in [7, 11) is 0. The van der Waals surface area contributed by atoms with E-state index < -0.39 is 0 Å². The maximum absolute atomic E-state index is 6.30. The first-order valence-electron chi connectivity index (χ1n) is 5.65. The zero-order valence-electron chi connectivity index (χ0n) is 9.57. The fourth-order valence-corrected chi connectivity index (χ4v) is 2.35. The molecule has 1 saturated heterocycles. The second kappa shape index (κ2) is 3.99. The normalized spacial score (nSPS) is 20.7. The van der Waals surface area contributed by atoms with Crippen molar-refractivity contribution in [2.45, 2.75) is 38.3 Å². The van der Waals surface area contributed by atoms with Crippen molar-refractivity contribution in [3.8, 4) is 0 Å². The lowest BCUT2D eigenvalue weighted by atomic mass is 9.89. The molecular weight excluding hydrogens is 188 g/mol. The van der Waals surface area contributed by atoms with Gasteiger partial charge in [-0.05, 0) is 45.8 Å². The minimum absolute atomic E-state index is 0.0143. The van der Waals surface area contributed by atoms with Gasteiger partial charge < -0.3 is 10.2 Å². The van der Waals surface area contributed by atoms with E-state index in [1.54, 1.807) is 12.5 Å². The third-order valence-electron chi connectivity index (χ3n) is 3.58. The molecule has 0 aliphatic carbocycles. The molecule has 0 radical (unpaired) electrons. The minimum Gasteiger partial charge on any atom is -0.472 e. The van der Waals surface area contributed by atoms with Gasteiger partial charge in [-0.1, -0.05) is 0 Å². The van der Waals surface area contributed by atoms with E-state index in [1.807, 2.05) is 6.07 Å². The number of hydrogen-bond acceptors (Lipinski definition) is 3. The number of furan rings is 1. The van der Waals surface area contributed by atoms with E-state index in [1.165, 1.54) is 25.9 Å². The van der Waals surface area contributed by atoms with Gasteiger partial charge in [0, 0.05) is 11.1 Å². The predicted molar refractivity (Wildman–Crippen MR) is 60.5 cm³/mol. The molecular formula is C12H20N2O. The third kappa shape index (κ3) is 1.94. The standard InChI is InChI=1S/C12H20N2O/c1-12(2,14-6-3-4-7-14)11(13)10-5-8-15-9-10/h5,8-9,11H,3-4,6-7,13H2,1-2H3. The summed E-state index contributed by atoms with van der Waals surface area (Å²) < 4.78 is 5.09. The summed E-state index contributed by atoms with van der Waals surface area (Å²) in [6, 6.07) is 1.98. The number of nitrogens with zero attached hydrogens (tertiary/aromatic N) is 1. The van der Waals surface area contributed by atoms with E-state index in [-0.39, 0.29) is 11.6 Å². The Morgan fingerprint density at radius 2 is 2.07 bits per heavy atom. The first kappa shape index (κ1) is 10.7. The van der Waals surface area contributed by atoms with Crippen molar-refractivity contribution in [2.75, 3.05) is 13.1 Å². The van der Waals surface area contributed by atoms with Gasteiger partial charge in [0.15, 0.2) is 0 Å². The molecule has 1 aromatic rings. The molecule has 3 heteroatoms. The predicted octanol–water partition coefficient (Wildman–Crippen LogP) is 2.15. The molecule has 3 nitrogen and oxygen atoms in total. The van der Waals surface area contributed by atoms with Crippen LogP contribution < -0.4 is 5.73 Å². The molecule has 1 fully saturated rings. The monoisotopic (exact) mass is 208 g/mol. The lowest BCUT2D eigenvalue weighted by Crippen LogP contribution is -2.49. The summed E-state index contributed by atoms with van der Waals surface area (Å²) in [6.45, 7) is 6.77. The van der Waals surface area contributed by atoms with Gasteiger partial charge in [0.2, 0.25) is 0 Å². The van der Waals surface area contributed by atoms with Gasteiger partial charge in [-0.15, -0.1) is 0 Å². The van der Waals surface area contributed by atoms with Gasteiger partial charge in [0.25, 0.3) is 0 Å². The quantitative estimate of drug-likeness (QED) is 0.827. The molecule has 0 saturated carbocycles. The summed E-state index contributed by atoms with van der Waals surface area (Å²) in [5.74, 6) is 0. The Bertz CT molecular complexity index is 299. The molecule has 2 heterocycles. The molecule has 0 spiro atoms. The van der Waals surface area contributed by atoms with Crippen molar-refractivity contribution >= 4 is 0 Å². The minimum atomic E-state index is 0.0143. The Kier molecular flexibility index (Phi) is 2.85. The van der Waals surface area contributed by atoms with E-state index in [4.69, 9.17) is 10.2 Å². The molecule has 1 unspecified atom stereocenters. The Balaban J connectivity index is 2.13. The summed E-state index contributed by atoms with van der Waals surface area (Å²) >= 11 is 0. The number of likely N-dealkylation sites (tertiary alicyclic amines) is 1. The fourth-order valence-electron chi connectivity index (χ4n) is 2.35. The van der Waals surface area contributed by atoms with E-state index in [0.717, 1.165) is 5.56 Å². The Morgan fingerprint density at radius 3 is 2.60 bits per heavy atom. The van der Waals surface area contributed by atoms with Gasteiger partial charge in [-0.25, -0.2) is 0 Å². The molecule has 0 amide bonds. The molecule has 2 N–H and O–H groups in total. The van der Waals surface area contributed by atoms with Crippen LogP contribution in [0.2, 0.25) is 0 Å². The topological polar surface area (TPSA) is 42.4 Å². The van der Waals surface area contributed by atoms with Crippen molar-refractivity contribution in [2.24, 2.45) is 5.73 Å². The van der Waals surface area contributed by atoms with Gasteiger partial charge in [-0.3, -0.25) is 4.90 Å². The molecule has 0 bridgehead atoms. The zero-order chi connectivity index (χ0) is 10.9. The molecule has 2 rings (SSSR count). The van der Waals surface area contributed by atoms with Gasteiger partial charge >= 0.3 is 0 Å². The van der Waals surface area contributed by atoms with E-state index in [2.05, 4.69) is 18.7 Å². The fraction of sp³-hybridized carbons (Fsp3) is 0.667. The van der Waals surface area contributed by atoms with Crippen LogP contribution in [0.5, 0.6) is 0 Å². The molecule has 1 aromatic heterocycles.